The van der Waals surface area contributed by atoms with Gasteiger partial charge in [-0.05, 0) is 24.5 Å². The zero-order valence-corrected chi connectivity index (χ0v) is 13.1. The average Bonchev–Trinajstić information content (AvgIpc) is 3.17. The molecule has 0 atom stereocenters. The summed E-state index contributed by atoms with van der Waals surface area (Å²) in [6, 6.07) is 7.68. The summed E-state index contributed by atoms with van der Waals surface area (Å²) in [5.41, 5.74) is 2.50. The molecule has 2 N–H and O–H groups in total. The Kier molecular flexibility index (Phi) is 4.34. The monoisotopic (exact) mass is 323 g/mol. The zero-order valence-electron chi connectivity index (χ0n) is 11.5. The van der Waals surface area contributed by atoms with Crippen LogP contribution in [0.15, 0.2) is 40.9 Å². The number of rotatable bonds is 7. The third-order valence-corrected chi connectivity index (χ3v) is 5.62. The molecule has 1 fully saturated rings. The highest BCUT2D eigenvalue weighted by molar-refractivity contribution is 7.89. The molecule has 1 heterocycles. The first-order valence-corrected chi connectivity index (χ1v) is 9.20. The van der Waals surface area contributed by atoms with Crippen molar-refractivity contribution in [2.75, 3.05) is 0 Å². The molecule has 0 spiro atoms. The van der Waals surface area contributed by atoms with Crippen LogP contribution < -0.4 is 10.0 Å². The van der Waals surface area contributed by atoms with Crippen molar-refractivity contribution in [3.63, 3.8) is 0 Å². The summed E-state index contributed by atoms with van der Waals surface area (Å²) in [4.78, 5) is 5.19. The molecule has 0 bridgehead atoms. The van der Waals surface area contributed by atoms with Gasteiger partial charge in [0.05, 0.1) is 10.4 Å². The minimum absolute atomic E-state index is 0.275. The van der Waals surface area contributed by atoms with Crippen LogP contribution in [0, 0.1) is 0 Å². The van der Waals surface area contributed by atoms with Crippen molar-refractivity contribution in [2.45, 2.75) is 36.9 Å². The van der Waals surface area contributed by atoms with Gasteiger partial charge in [-0.25, -0.2) is 13.1 Å². The van der Waals surface area contributed by atoms with Crippen LogP contribution in [0.3, 0.4) is 0 Å². The molecule has 0 amide bonds. The van der Waals surface area contributed by atoms with Crippen molar-refractivity contribution in [1.82, 2.24) is 15.0 Å². The van der Waals surface area contributed by atoms with Crippen LogP contribution in [-0.2, 0) is 23.1 Å². The zero-order chi connectivity index (χ0) is 14.7. The van der Waals surface area contributed by atoms with Crippen LogP contribution >= 0.6 is 11.3 Å². The highest BCUT2D eigenvalue weighted by Crippen LogP contribution is 2.21. The lowest BCUT2D eigenvalue weighted by atomic mass is 10.2. The number of nitrogens with zero attached hydrogens (tertiary/aromatic N) is 1. The van der Waals surface area contributed by atoms with Crippen molar-refractivity contribution in [3.8, 4) is 0 Å². The largest absolute Gasteiger partial charge is 0.310 e. The number of thiazole rings is 1. The number of aromatic nitrogens is 1. The Morgan fingerprint density at radius 3 is 2.76 bits per heavy atom. The highest BCUT2D eigenvalue weighted by atomic mass is 32.2. The SMILES string of the molecule is O=S(=O)(NCc1cncs1)c1ccccc1CNC1CC1. The quantitative estimate of drug-likeness (QED) is 0.816. The summed E-state index contributed by atoms with van der Waals surface area (Å²) in [6.45, 7) is 0.861. The van der Waals surface area contributed by atoms with Gasteiger partial charge in [-0.15, -0.1) is 11.3 Å². The topological polar surface area (TPSA) is 71.1 Å². The van der Waals surface area contributed by atoms with Gasteiger partial charge >= 0.3 is 0 Å². The van der Waals surface area contributed by atoms with E-state index in [0.717, 1.165) is 10.4 Å². The van der Waals surface area contributed by atoms with Crippen molar-refractivity contribution in [3.05, 3.63) is 46.4 Å². The minimum Gasteiger partial charge on any atom is -0.310 e. The highest BCUT2D eigenvalue weighted by Gasteiger charge is 2.22. The molecule has 7 heteroatoms. The lowest BCUT2D eigenvalue weighted by Crippen LogP contribution is -2.25. The Morgan fingerprint density at radius 2 is 2.05 bits per heavy atom. The van der Waals surface area contributed by atoms with Gasteiger partial charge in [-0.1, -0.05) is 18.2 Å². The molecule has 0 saturated heterocycles. The molecule has 5 nitrogen and oxygen atoms in total. The van der Waals surface area contributed by atoms with Gasteiger partial charge in [0.1, 0.15) is 0 Å². The molecule has 1 aliphatic carbocycles. The van der Waals surface area contributed by atoms with E-state index in [-0.39, 0.29) is 6.54 Å². The number of benzene rings is 1. The maximum Gasteiger partial charge on any atom is 0.241 e. The predicted octanol–water partition coefficient (Wildman–Crippen LogP) is 1.87. The number of hydrogen-bond acceptors (Lipinski definition) is 5. The lowest BCUT2D eigenvalue weighted by Gasteiger charge is -2.11. The second-order valence-electron chi connectivity index (χ2n) is 5.06. The molecule has 3 rings (SSSR count). The Morgan fingerprint density at radius 1 is 1.24 bits per heavy atom. The second-order valence-corrected chi connectivity index (χ2v) is 7.76. The molecule has 1 aliphatic rings. The fourth-order valence-electron chi connectivity index (χ4n) is 2.03. The van der Waals surface area contributed by atoms with Crippen LogP contribution in [0.4, 0.5) is 0 Å². The summed E-state index contributed by atoms with van der Waals surface area (Å²) in [5.74, 6) is 0. The van der Waals surface area contributed by atoms with Crippen molar-refractivity contribution < 1.29 is 8.42 Å². The molecule has 0 unspecified atom stereocenters. The predicted molar refractivity (Wildman–Crippen MR) is 82.4 cm³/mol. The Labute approximate surface area is 128 Å². The van der Waals surface area contributed by atoms with Gasteiger partial charge in [-0.3, -0.25) is 4.98 Å². The van der Waals surface area contributed by atoms with Crippen molar-refractivity contribution >= 4 is 21.4 Å². The standard InChI is InChI=1S/C14H17N3O2S2/c18-21(19,17-9-13-8-15-10-20-13)14-4-2-1-3-11(14)7-16-12-5-6-12/h1-4,8,10,12,16-17H,5-7,9H2. The third-order valence-electron chi connectivity index (χ3n) is 3.34. The van der Waals surface area contributed by atoms with Crippen molar-refractivity contribution in [2.24, 2.45) is 0 Å². The van der Waals surface area contributed by atoms with Gasteiger partial charge in [0, 0.05) is 30.2 Å². The second kappa shape index (κ2) is 6.23. The normalized spacial score (nSPS) is 15.2. The van der Waals surface area contributed by atoms with Crippen LogP contribution in [0.5, 0.6) is 0 Å². The molecule has 21 heavy (non-hydrogen) atoms. The van der Waals surface area contributed by atoms with Gasteiger partial charge in [0.25, 0.3) is 0 Å². The fraction of sp³-hybridized carbons (Fsp3) is 0.357. The van der Waals surface area contributed by atoms with E-state index in [2.05, 4.69) is 15.0 Å². The summed E-state index contributed by atoms with van der Waals surface area (Å²) in [7, 11) is -3.51. The molecular weight excluding hydrogens is 306 g/mol. The molecule has 2 aromatic rings. The van der Waals surface area contributed by atoms with E-state index in [4.69, 9.17) is 0 Å². The van der Waals surface area contributed by atoms with Gasteiger partial charge < -0.3 is 5.32 Å². The van der Waals surface area contributed by atoms with E-state index in [1.807, 2.05) is 12.1 Å². The Balaban J connectivity index is 1.73. The third kappa shape index (κ3) is 3.88. The lowest BCUT2D eigenvalue weighted by molar-refractivity contribution is 0.578. The first-order valence-electron chi connectivity index (χ1n) is 6.83. The first kappa shape index (κ1) is 14.6. The van der Waals surface area contributed by atoms with Gasteiger partial charge in [-0.2, -0.15) is 0 Å². The first-order chi connectivity index (χ1) is 10.1. The van der Waals surface area contributed by atoms with Gasteiger partial charge in [0.15, 0.2) is 0 Å². The van der Waals surface area contributed by atoms with E-state index in [9.17, 15) is 8.42 Å². The van der Waals surface area contributed by atoms with E-state index < -0.39 is 10.0 Å². The molecular formula is C14H17N3O2S2. The maximum atomic E-state index is 12.5. The van der Waals surface area contributed by atoms with Crippen LogP contribution in [0.2, 0.25) is 0 Å². The Bertz CT molecular complexity index is 695. The molecule has 1 aromatic heterocycles. The average molecular weight is 323 g/mol. The number of hydrogen-bond donors (Lipinski definition) is 2. The molecule has 1 aromatic carbocycles. The maximum absolute atomic E-state index is 12.5. The minimum atomic E-state index is -3.51. The summed E-state index contributed by atoms with van der Waals surface area (Å²) < 4.78 is 27.5. The summed E-state index contributed by atoms with van der Waals surface area (Å²) in [5, 5.41) is 3.35. The van der Waals surface area contributed by atoms with Crippen LogP contribution in [0.1, 0.15) is 23.3 Å². The number of sulfonamides is 1. The number of nitrogens with one attached hydrogen (secondary N) is 2. The smallest absolute Gasteiger partial charge is 0.241 e. The van der Waals surface area contributed by atoms with Crippen molar-refractivity contribution in [1.29, 1.82) is 0 Å². The van der Waals surface area contributed by atoms with E-state index in [1.54, 1.807) is 23.8 Å². The fourth-order valence-corrected chi connectivity index (χ4v) is 3.90. The van der Waals surface area contributed by atoms with Crippen LogP contribution in [0.25, 0.3) is 0 Å². The Hall–Kier alpha value is -1.28. The molecule has 0 aliphatic heterocycles. The molecule has 0 radical (unpaired) electrons. The van der Waals surface area contributed by atoms with E-state index in [0.29, 0.717) is 17.5 Å². The molecule has 112 valence electrons. The van der Waals surface area contributed by atoms with E-state index in [1.165, 1.54) is 24.2 Å². The van der Waals surface area contributed by atoms with Crippen LogP contribution in [-0.4, -0.2) is 19.4 Å². The summed E-state index contributed by atoms with van der Waals surface area (Å²) in [6.07, 6.45) is 4.03. The van der Waals surface area contributed by atoms with E-state index >= 15 is 0 Å². The summed E-state index contributed by atoms with van der Waals surface area (Å²) >= 11 is 1.44. The van der Waals surface area contributed by atoms with Gasteiger partial charge in [0.2, 0.25) is 10.0 Å². The molecule has 1 saturated carbocycles.